The number of carbonyl (C=O) groups excluding carboxylic acids is 2. The highest BCUT2D eigenvalue weighted by atomic mass is 127. The van der Waals surface area contributed by atoms with Crippen molar-refractivity contribution >= 4 is 89.8 Å². The molecule has 194 valence electrons. The molecule has 1 N–H and O–H groups in total. The molecule has 3 unspecified atom stereocenters. The Bertz CT molecular complexity index is 1160. The molecule has 1 aromatic rings. The molecule has 0 aromatic heterocycles. The molecule has 35 heavy (non-hydrogen) atoms. The minimum Gasteiger partial charge on any atom is -0.451 e. The summed E-state index contributed by atoms with van der Waals surface area (Å²) in [6.45, 7) is 0. The Labute approximate surface area is 240 Å². The molecule has 4 bridgehead atoms. The molecule has 0 radical (unpaired) electrons. The summed E-state index contributed by atoms with van der Waals surface area (Å²) in [5.74, 6) is -3.19. The summed E-state index contributed by atoms with van der Waals surface area (Å²) in [5.41, 5.74) is -2.36. The summed E-state index contributed by atoms with van der Waals surface area (Å²) in [4.78, 5) is 26.6. The maximum Gasteiger partial charge on any atom is 0.426 e. The quantitative estimate of drug-likeness (QED) is 0.135. The van der Waals surface area contributed by atoms with E-state index in [9.17, 15) is 31.2 Å². The molecule has 0 saturated heterocycles. The van der Waals surface area contributed by atoms with Gasteiger partial charge in [0, 0.05) is 7.14 Å². The monoisotopic (exact) mass is 854 g/mol. The molecule has 4 aliphatic rings. The zero-order chi connectivity index (χ0) is 26.0. The molecule has 0 heterocycles. The molecular weight excluding hydrogens is 834 g/mol. The zero-order valence-electron chi connectivity index (χ0n) is 17.9. The van der Waals surface area contributed by atoms with Crippen LogP contribution in [0.4, 0.5) is 13.2 Å². The van der Waals surface area contributed by atoms with E-state index in [-0.39, 0.29) is 31.1 Å². The maximum absolute atomic E-state index is 13.5. The Hall–Kier alpha value is 0.0500. The van der Waals surface area contributed by atoms with Crippen LogP contribution in [0.25, 0.3) is 0 Å². The Morgan fingerprint density at radius 3 is 2.03 bits per heavy atom. The molecule has 0 amide bonds. The Balaban J connectivity index is 1.59. The van der Waals surface area contributed by atoms with E-state index in [4.69, 9.17) is 14.0 Å². The number of alkyl halides is 3. The number of hydrogen-bond donors (Lipinski definition) is 1. The van der Waals surface area contributed by atoms with Crippen molar-refractivity contribution in [2.75, 3.05) is 5.75 Å². The number of hydrogen-bond acceptors (Lipinski definition) is 6. The third kappa shape index (κ3) is 5.89. The second-order valence-electron chi connectivity index (χ2n) is 9.79. The van der Waals surface area contributed by atoms with Crippen molar-refractivity contribution in [2.24, 2.45) is 22.7 Å². The first kappa shape index (κ1) is 28.1. The Morgan fingerprint density at radius 1 is 1.00 bits per heavy atom. The summed E-state index contributed by atoms with van der Waals surface area (Å²) < 4.78 is 84.5. The molecule has 0 spiro atoms. The van der Waals surface area contributed by atoms with Gasteiger partial charge in [0.15, 0.2) is 0 Å². The van der Waals surface area contributed by atoms with Crippen LogP contribution in [0.5, 0.6) is 5.75 Å². The van der Waals surface area contributed by atoms with Gasteiger partial charge < -0.3 is 9.47 Å². The zero-order valence-corrected chi connectivity index (χ0v) is 25.2. The molecule has 5 rings (SSSR count). The molecule has 0 aliphatic heterocycles. The van der Waals surface area contributed by atoms with Crippen LogP contribution >= 0.6 is 67.8 Å². The maximum atomic E-state index is 13.5. The predicted molar refractivity (Wildman–Crippen MR) is 142 cm³/mol. The average Bonchev–Trinajstić information content (AvgIpc) is 2.68. The second kappa shape index (κ2) is 9.66. The fourth-order valence-corrected chi connectivity index (χ4v) is 8.89. The first-order valence-corrected chi connectivity index (χ1v) is 15.5. The van der Waals surface area contributed by atoms with Crippen LogP contribution in [-0.2, 0) is 24.4 Å². The van der Waals surface area contributed by atoms with Gasteiger partial charge in [-0.2, -0.15) is 21.6 Å². The van der Waals surface area contributed by atoms with Crippen LogP contribution in [-0.4, -0.2) is 42.9 Å². The fraction of sp³-hybridized carbons (Fsp3) is 0.619. The van der Waals surface area contributed by atoms with Crippen molar-refractivity contribution in [3.8, 4) is 5.75 Å². The smallest absolute Gasteiger partial charge is 0.426 e. The second-order valence-corrected chi connectivity index (χ2v) is 14.8. The van der Waals surface area contributed by atoms with Crippen LogP contribution in [0.15, 0.2) is 12.1 Å². The van der Waals surface area contributed by atoms with Gasteiger partial charge >= 0.3 is 18.1 Å². The average molecular weight is 854 g/mol. The number of ether oxygens (including phenoxy) is 2. The van der Waals surface area contributed by atoms with E-state index < -0.39 is 50.9 Å². The summed E-state index contributed by atoms with van der Waals surface area (Å²) >= 11 is 6.36. The standard InChI is InChI=1S/C21H20F3I3O7S/c22-21(23,24)16(8-35(30,31)32)34-18(29)20-6-10-1-11(7-20)5-19(4-10,9-20)17(28)33-15-3-13(26)12(25)2-14(15)27/h2-3,10-11,16H,1,4-9H2,(H,30,31,32). The Kier molecular flexibility index (Phi) is 7.75. The summed E-state index contributed by atoms with van der Waals surface area (Å²) in [7, 11) is -5.05. The van der Waals surface area contributed by atoms with Gasteiger partial charge in [-0.3, -0.25) is 14.1 Å². The van der Waals surface area contributed by atoms with Gasteiger partial charge in [0.25, 0.3) is 10.1 Å². The van der Waals surface area contributed by atoms with Gasteiger partial charge in [0.2, 0.25) is 6.10 Å². The normalized spacial score (nSPS) is 30.7. The highest BCUT2D eigenvalue weighted by Crippen LogP contribution is 2.66. The Morgan fingerprint density at radius 2 is 1.51 bits per heavy atom. The number of esters is 2. The molecule has 14 heteroatoms. The van der Waals surface area contributed by atoms with E-state index in [0.717, 1.165) is 17.1 Å². The van der Waals surface area contributed by atoms with E-state index in [1.54, 1.807) is 6.07 Å². The minimum absolute atomic E-state index is 0.0147. The van der Waals surface area contributed by atoms with Crippen LogP contribution < -0.4 is 4.74 Å². The van der Waals surface area contributed by atoms with Crippen molar-refractivity contribution in [3.63, 3.8) is 0 Å². The van der Waals surface area contributed by atoms with Gasteiger partial charge in [0.1, 0.15) is 11.5 Å². The molecule has 4 saturated carbocycles. The number of rotatable bonds is 6. The van der Waals surface area contributed by atoms with Gasteiger partial charge in [-0.1, -0.05) is 0 Å². The van der Waals surface area contributed by atoms with Crippen molar-refractivity contribution in [2.45, 2.75) is 50.8 Å². The van der Waals surface area contributed by atoms with E-state index in [1.807, 2.05) is 6.07 Å². The highest BCUT2D eigenvalue weighted by molar-refractivity contribution is 14.1. The third-order valence-corrected chi connectivity index (χ3v) is 11.5. The van der Waals surface area contributed by atoms with Crippen LogP contribution in [0.1, 0.15) is 38.5 Å². The van der Waals surface area contributed by atoms with Gasteiger partial charge in [-0.15, -0.1) is 0 Å². The largest absolute Gasteiger partial charge is 0.451 e. The predicted octanol–water partition coefficient (Wildman–Crippen LogP) is 5.35. The van der Waals surface area contributed by atoms with Gasteiger partial charge in [-0.25, -0.2) is 0 Å². The number of halogens is 6. The lowest BCUT2D eigenvalue weighted by atomic mass is 9.44. The van der Waals surface area contributed by atoms with Crippen molar-refractivity contribution in [1.82, 2.24) is 0 Å². The minimum atomic E-state index is -5.18. The SMILES string of the molecule is O=C(Oc1cc(I)c(I)cc1I)C12CC3CC(C1)CC(C(=O)OC(CS(=O)(=O)O)C(F)(F)F)(C3)C2. The molecule has 4 aliphatic carbocycles. The van der Waals surface area contributed by atoms with Gasteiger partial charge in [-0.05, 0) is 130 Å². The molecular formula is C21H20F3I3O7S. The first-order valence-electron chi connectivity index (χ1n) is 10.6. The molecule has 1 aromatic carbocycles. The lowest BCUT2D eigenvalue weighted by molar-refractivity contribution is -0.230. The third-order valence-electron chi connectivity index (χ3n) is 7.08. The lowest BCUT2D eigenvalue weighted by Crippen LogP contribution is -2.59. The molecule has 3 atom stereocenters. The van der Waals surface area contributed by atoms with E-state index in [1.165, 1.54) is 0 Å². The number of carbonyl (C=O) groups is 2. The van der Waals surface area contributed by atoms with Crippen molar-refractivity contribution in [3.05, 3.63) is 22.8 Å². The first-order chi connectivity index (χ1) is 16.0. The van der Waals surface area contributed by atoms with Crippen LogP contribution in [0.2, 0.25) is 0 Å². The van der Waals surface area contributed by atoms with Crippen molar-refractivity contribution < 1.29 is 45.2 Å². The molecule has 7 nitrogen and oxygen atoms in total. The number of benzene rings is 1. The van der Waals surface area contributed by atoms with Gasteiger partial charge in [0.05, 0.1) is 14.4 Å². The van der Waals surface area contributed by atoms with E-state index in [2.05, 4.69) is 67.8 Å². The van der Waals surface area contributed by atoms with Crippen LogP contribution in [0, 0.1) is 33.4 Å². The van der Waals surface area contributed by atoms with Crippen LogP contribution in [0.3, 0.4) is 0 Å². The lowest BCUT2D eigenvalue weighted by Gasteiger charge is -2.59. The van der Waals surface area contributed by atoms with Crippen molar-refractivity contribution in [1.29, 1.82) is 0 Å². The molecule has 4 fully saturated rings. The fourth-order valence-electron chi connectivity index (χ4n) is 6.17. The topological polar surface area (TPSA) is 107 Å². The van der Waals surface area contributed by atoms with E-state index in [0.29, 0.717) is 18.6 Å². The summed E-state index contributed by atoms with van der Waals surface area (Å²) in [5, 5.41) is 0. The summed E-state index contributed by atoms with van der Waals surface area (Å²) in [6, 6.07) is 3.62. The highest BCUT2D eigenvalue weighted by Gasteiger charge is 2.65. The summed E-state index contributed by atoms with van der Waals surface area (Å²) in [6.07, 6.45) is -5.93. The van der Waals surface area contributed by atoms with E-state index >= 15 is 0 Å².